The van der Waals surface area contributed by atoms with Gasteiger partial charge in [0, 0.05) is 12.1 Å². The Morgan fingerprint density at radius 3 is 2.43 bits per heavy atom. The van der Waals surface area contributed by atoms with Gasteiger partial charge in [-0.1, -0.05) is 12.6 Å². The van der Waals surface area contributed by atoms with Crippen LogP contribution in [0.1, 0.15) is 43.2 Å². The van der Waals surface area contributed by atoms with E-state index >= 15 is 0 Å². The number of nitrogens with zero attached hydrogens (tertiary/aromatic N) is 1. The summed E-state index contributed by atoms with van der Waals surface area (Å²) < 4.78 is 95.8. The van der Waals surface area contributed by atoms with E-state index in [4.69, 9.17) is 9.47 Å². The summed E-state index contributed by atoms with van der Waals surface area (Å²) in [5.74, 6) is -4.95. The van der Waals surface area contributed by atoms with Crippen molar-refractivity contribution < 1.29 is 50.1 Å². The van der Waals surface area contributed by atoms with E-state index in [1.165, 1.54) is 12.1 Å². The van der Waals surface area contributed by atoms with Crippen molar-refractivity contribution in [1.29, 1.82) is 0 Å². The predicted octanol–water partition coefficient (Wildman–Crippen LogP) is 4.39. The fourth-order valence-electron chi connectivity index (χ4n) is 7.02. The summed E-state index contributed by atoms with van der Waals surface area (Å²) in [4.78, 5) is 26.1. The van der Waals surface area contributed by atoms with Crippen LogP contribution in [0.4, 0.5) is 26.3 Å². The number of carbonyl (C=O) groups excluding carboxylic acids is 2. The second-order valence-corrected chi connectivity index (χ2v) is 10.6. The van der Waals surface area contributed by atoms with Crippen LogP contribution in [0.15, 0.2) is 24.3 Å². The zero-order chi connectivity index (χ0) is 26.5. The highest BCUT2D eigenvalue weighted by Crippen LogP contribution is 2.67. The van der Waals surface area contributed by atoms with Crippen molar-refractivity contribution in [2.24, 2.45) is 5.92 Å². The lowest BCUT2D eigenvalue weighted by Crippen LogP contribution is -2.77. The number of carbonyl (C=O) groups is 2. The van der Waals surface area contributed by atoms with Crippen molar-refractivity contribution >= 4 is 11.9 Å². The van der Waals surface area contributed by atoms with E-state index in [9.17, 15) is 35.9 Å². The monoisotopic (exact) mass is 531 g/mol. The zero-order valence-corrected chi connectivity index (χ0v) is 19.5. The maximum absolute atomic E-state index is 13.6. The quantitative estimate of drug-likeness (QED) is 0.249. The molecule has 0 aromatic heterocycles. The molecule has 0 N–H and O–H groups in total. The number of piperidine rings is 1. The Morgan fingerprint density at radius 2 is 1.78 bits per heavy atom. The van der Waals surface area contributed by atoms with Gasteiger partial charge in [0.05, 0.1) is 11.5 Å². The van der Waals surface area contributed by atoms with E-state index in [1.54, 1.807) is 0 Å². The fraction of sp³-hybridized carbons (Fsp3) is 0.600. The fourth-order valence-corrected chi connectivity index (χ4v) is 7.02. The van der Waals surface area contributed by atoms with Crippen LogP contribution in [-0.2, 0) is 26.2 Å². The number of alkyl halides is 6. The second-order valence-electron chi connectivity index (χ2n) is 10.6. The first-order chi connectivity index (χ1) is 17.3. The molecular weight excluding hydrogens is 508 g/mol. The summed E-state index contributed by atoms with van der Waals surface area (Å²) in [5, 5.41) is 0. The van der Waals surface area contributed by atoms with Crippen LogP contribution in [0.25, 0.3) is 0 Å². The molecule has 2 heterocycles. The van der Waals surface area contributed by atoms with Crippen molar-refractivity contribution in [3.63, 3.8) is 0 Å². The lowest BCUT2D eigenvalue weighted by atomic mass is 9.48. The summed E-state index contributed by atoms with van der Waals surface area (Å²) in [6.07, 6.45) is -8.72. The third-order valence-corrected chi connectivity index (χ3v) is 8.60. The Labute approximate surface area is 207 Å². The van der Waals surface area contributed by atoms with Crippen LogP contribution in [0.5, 0.6) is 11.5 Å². The van der Waals surface area contributed by atoms with Gasteiger partial charge in [0.2, 0.25) is 0 Å². The Kier molecular flexibility index (Phi) is 5.07. The first-order valence-corrected chi connectivity index (χ1v) is 12.1. The average molecular weight is 531 g/mol. The minimum Gasteiger partial charge on any atom is -0.481 e. The Bertz CT molecular complexity index is 1210. The van der Waals surface area contributed by atoms with Crippen LogP contribution >= 0.6 is 0 Å². The zero-order valence-electron chi connectivity index (χ0n) is 19.5. The van der Waals surface area contributed by atoms with Crippen LogP contribution in [0.3, 0.4) is 0 Å². The normalized spacial score (nSPS) is 32.4. The molecule has 4 unspecified atom stereocenters. The molecule has 1 saturated heterocycles. The molecule has 6 nitrogen and oxygen atoms in total. The number of hydrogen-bond acceptors (Lipinski definition) is 6. The van der Waals surface area contributed by atoms with Gasteiger partial charge in [-0.05, 0) is 68.2 Å². The molecule has 200 valence electrons. The molecule has 4 atom stereocenters. The molecule has 2 aliphatic heterocycles. The topological polar surface area (TPSA) is 65.1 Å². The summed E-state index contributed by atoms with van der Waals surface area (Å²) in [6, 6.07) is 2.14. The highest BCUT2D eigenvalue weighted by molar-refractivity contribution is 5.80. The molecule has 1 spiro atoms. The highest BCUT2D eigenvalue weighted by atomic mass is 19.4. The summed E-state index contributed by atoms with van der Waals surface area (Å²) in [6.45, 7) is 5.18. The summed E-state index contributed by atoms with van der Waals surface area (Å²) in [5.41, 5.74) is -1.42. The van der Waals surface area contributed by atoms with Crippen LogP contribution in [0.2, 0.25) is 0 Å². The van der Waals surface area contributed by atoms with Crippen molar-refractivity contribution in [3.05, 3.63) is 35.4 Å². The third-order valence-electron chi connectivity index (χ3n) is 8.60. The van der Waals surface area contributed by atoms with E-state index in [2.05, 4.69) is 16.2 Å². The van der Waals surface area contributed by atoms with E-state index < -0.39 is 53.2 Å². The second kappa shape index (κ2) is 7.64. The van der Waals surface area contributed by atoms with E-state index in [0.29, 0.717) is 35.7 Å². The first-order valence-electron chi connectivity index (χ1n) is 12.1. The number of ether oxygens (including phenoxy) is 3. The van der Waals surface area contributed by atoms with Gasteiger partial charge in [0.15, 0.2) is 11.5 Å². The number of benzene rings is 1. The van der Waals surface area contributed by atoms with Gasteiger partial charge in [-0.2, -0.15) is 26.3 Å². The molecule has 6 rings (SSSR count). The number of rotatable bonds is 4. The van der Waals surface area contributed by atoms with Crippen molar-refractivity contribution in [3.8, 4) is 11.5 Å². The molecule has 1 aromatic rings. The van der Waals surface area contributed by atoms with E-state index in [-0.39, 0.29) is 31.4 Å². The summed E-state index contributed by atoms with van der Waals surface area (Å²) in [7, 11) is 0. The largest absolute Gasteiger partial charge is 0.491 e. The predicted molar refractivity (Wildman–Crippen MR) is 114 cm³/mol. The van der Waals surface area contributed by atoms with Gasteiger partial charge in [0.25, 0.3) is 0 Å². The molecule has 3 aliphatic carbocycles. The average Bonchev–Trinajstić information content (AvgIpc) is 3.54. The van der Waals surface area contributed by atoms with E-state index in [0.717, 1.165) is 12.8 Å². The lowest BCUT2D eigenvalue weighted by Gasteiger charge is -2.64. The van der Waals surface area contributed by atoms with Crippen LogP contribution in [-0.4, -0.2) is 60.0 Å². The molecule has 0 amide bonds. The maximum atomic E-state index is 13.6. The Balaban J connectivity index is 1.53. The van der Waals surface area contributed by atoms with Crippen LogP contribution in [0, 0.1) is 5.92 Å². The van der Waals surface area contributed by atoms with Crippen molar-refractivity contribution in [2.45, 2.75) is 74.0 Å². The van der Waals surface area contributed by atoms with Crippen molar-refractivity contribution in [1.82, 2.24) is 4.90 Å². The summed E-state index contributed by atoms with van der Waals surface area (Å²) >= 11 is 0. The molecule has 2 saturated carbocycles. The number of halogens is 6. The number of esters is 2. The van der Waals surface area contributed by atoms with Gasteiger partial charge in [-0.15, -0.1) is 0 Å². The maximum Gasteiger partial charge on any atom is 0.491 e. The van der Waals surface area contributed by atoms with Gasteiger partial charge < -0.3 is 14.2 Å². The first kappa shape index (κ1) is 24.6. The van der Waals surface area contributed by atoms with Crippen molar-refractivity contribution in [2.75, 3.05) is 13.1 Å². The SMILES string of the molecule is C=C1CCC2(OC(=O)C(F)(F)F)C3Cc4ccc(OC(=O)C(F)(F)F)c5c4C2(CCN3CC2CC2)C1O5. The van der Waals surface area contributed by atoms with E-state index in [1.807, 2.05) is 0 Å². The van der Waals surface area contributed by atoms with Gasteiger partial charge in [0.1, 0.15) is 11.7 Å². The molecule has 12 heteroatoms. The highest BCUT2D eigenvalue weighted by Gasteiger charge is 2.75. The van der Waals surface area contributed by atoms with Gasteiger partial charge in [-0.3, -0.25) is 4.90 Å². The Hall–Kier alpha value is -2.76. The molecule has 3 fully saturated rings. The molecular formula is C25H23F6NO5. The minimum absolute atomic E-state index is 0.0603. The number of likely N-dealkylation sites (tertiary alicyclic amines) is 1. The molecule has 5 aliphatic rings. The number of hydrogen-bond donors (Lipinski definition) is 0. The third kappa shape index (κ3) is 3.43. The Morgan fingerprint density at radius 1 is 1.08 bits per heavy atom. The van der Waals surface area contributed by atoms with Crippen LogP contribution < -0.4 is 9.47 Å². The molecule has 0 radical (unpaired) electrons. The smallest absolute Gasteiger partial charge is 0.481 e. The minimum atomic E-state index is -5.26. The molecule has 1 aromatic carbocycles. The molecule has 2 bridgehead atoms. The standard InChI is InChI=1S/C25H23F6NO5/c1-12-6-7-23(37-21(34)25(29,30)31)16-10-14-4-5-15(35-20(33)24(26,27)28)18-17(14)22(23,19(12)36-18)8-9-32(16)11-13-2-3-13/h4-5,13,16,19H,1-3,6-11H2. The van der Waals surface area contributed by atoms with Gasteiger partial charge in [-0.25, -0.2) is 9.59 Å². The lowest BCUT2D eigenvalue weighted by molar-refractivity contribution is -0.245. The van der Waals surface area contributed by atoms with Gasteiger partial charge >= 0.3 is 24.3 Å². The molecule has 37 heavy (non-hydrogen) atoms.